The largest absolute Gasteiger partial charge is 0.462 e. The van der Waals surface area contributed by atoms with Gasteiger partial charge >= 0.3 is 5.97 Å². The lowest BCUT2D eigenvalue weighted by molar-refractivity contribution is -0.140. The minimum absolute atomic E-state index is 0.0952. The summed E-state index contributed by atoms with van der Waals surface area (Å²) >= 11 is 0. The van der Waals surface area contributed by atoms with Crippen molar-refractivity contribution in [1.82, 2.24) is 5.32 Å². The third-order valence-corrected chi connectivity index (χ3v) is 2.20. The van der Waals surface area contributed by atoms with E-state index < -0.39 is 0 Å². The zero-order valence-electron chi connectivity index (χ0n) is 10.9. The monoisotopic (exact) mass is 239 g/mol. The van der Waals surface area contributed by atoms with Crippen molar-refractivity contribution in [1.29, 1.82) is 0 Å². The Hall–Kier alpha value is -1.58. The van der Waals surface area contributed by atoms with E-state index in [1.54, 1.807) is 32.9 Å². The molecule has 17 heavy (non-hydrogen) atoms. The van der Waals surface area contributed by atoms with E-state index in [0.29, 0.717) is 18.7 Å². The summed E-state index contributed by atoms with van der Waals surface area (Å²) in [6.07, 6.45) is 4.85. The van der Waals surface area contributed by atoms with Crippen LogP contribution in [0.2, 0.25) is 0 Å². The Morgan fingerprint density at radius 1 is 1.35 bits per heavy atom. The lowest BCUT2D eigenvalue weighted by Crippen LogP contribution is -2.29. The van der Waals surface area contributed by atoms with Crippen LogP contribution in [0.4, 0.5) is 0 Å². The molecule has 1 amide bonds. The molecule has 4 nitrogen and oxygen atoms in total. The van der Waals surface area contributed by atoms with Crippen LogP contribution in [0.3, 0.4) is 0 Å². The summed E-state index contributed by atoms with van der Waals surface area (Å²) in [5.41, 5.74) is 0.593. The summed E-state index contributed by atoms with van der Waals surface area (Å²) in [4.78, 5) is 22.5. The SMILES string of the molecule is C/C=C(/C)C(=O)OCC(C)CNC(=O)/C=C/C. The maximum atomic E-state index is 11.3. The second-order valence-corrected chi connectivity index (χ2v) is 3.92. The standard InChI is InChI=1S/C13H21NO3/c1-5-7-12(15)14-8-10(3)9-17-13(16)11(4)6-2/h5-7,10H,8-9H2,1-4H3,(H,14,15)/b7-5+,11-6-. The molecule has 0 heterocycles. The highest BCUT2D eigenvalue weighted by atomic mass is 16.5. The van der Waals surface area contributed by atoms with Gasteiger partial charge in [-0.25, -0.2) is 4.79 Å². The van der Waals surface area contributed by atoms with E-state index in [9.17, 15) is 9.59 Å². The molecule has 0 fully saturated rings. The van der Waals surface area contributed by atoms with Crippen LogP contribution >= 0.6 is 0 Å². The van der Waals surface area contributed by atoms with Crippen molar-refractivity contribution in [3.05, 3.63) is 23.8 Å². The molecular weight excluding hydrogens is 218 g/mol. The zero-order chi connectivity index (χ0) is 13.3. The van der Waals surface area contributed by atoms with Crippen molar-refractivity contribution in [2.45, 2.75) is 27.7 Å². The first-order chi connectivity index (χ1) is 8.01. The molecule has 0 radical (unpaired) electrons. The third-order valence-electron chi connectivity index (χ3n) is 2.20. The first-order valence-electron chi connectivity index (χ1n) is 5.71. The van der Waals surface area contributed by atoms with Crippen LogP contribution in [0, 0.1) is 5.92 Å². The summed E-state index contributed by atoms with van der Waals surface area (Å²) in [5, 5.41) is 2.72. The minimum Gasteiger partial charge on any atom is -0.462 e. The fourth-order valence-electron chi connectivity index (χ4n) is 0.994. The molecule has 0 aromatic carbocycles. The maximum absolute atomic E-state index is 11.3. The summed E-state index contributed by atoms with van der Waals surface area (Å²) in [5.74, 6) is -0.341. The van der Waals surface area contributed by atoms with E-state index in [1.807, 2.05) is 6.92 Å². The molecule has 0 aromatic rings. The van der Waals surface area contributed by atoms with Crippen LogP contribution in [0.25, 0.3) is 0 Å². The molecule has 1 atom stereocenters. The number of carbonyl (C=O) groups excluding carboxylic acids is 2. The van der Waals surface area contributed by atoms with Crippen molar-refractivity contribution < 1.29 is 14.3 Å². The van der Waals surface area contributed by atoms with Crippen LogP contribution < -0.4 is 5.32 Å². The minimum atomic E-state index is -0.306. The molecule has 0 aromatic heterocycles. The van der Waals surface area contributed by atoms with Gasteiger partial charge in [0.1, 0.15) is 0 Å². The number of esters is 1. The molecule has 4 heteroatoms. The quantitative estimate of drug-likeness (QED) is 0.568. The lowest BCUT2D eigenvalue weighted by atomic mass is 10.2. The summed E-state index contributed by atoms with van der Waals surface area (Å²) in [6.45, 7) is 7.99. The number of allylic oxidation sites excluding steroid dienone is 2. The van der Waals surface area contributed by atoms with E-state index in [0.717, 1.165) is 0 Å². The molecule has 0 aliphatic heterocycles. The zero-order valence-corrected chi connectivity index (χ0v) is 10.9. The van der Waals surface area contributed by atoms with Crippen LogP contribution in [-0.2, 0) is 14.3 Å². The fourth-order valence-corrected chi connectivity index (χ4v) is 0.994. The van der Waals surface area contributed by atoms with Gasteiger partial charge in [0, 0.05) is 18.0 Å². The second kappa shape index (κ2) is 8.56. The van der Waals surface area contributed by atoms with Gasteiger partial charge in [0.25, 0.3) is 0 Å². The molecule has 0 aliphatic carbocycles. The molecule has 0 bridgehead atoms. The molecule has 1 unspecified atom stereocenters. The number of rotatable bonds is 6. The van der Waals surface area contributed by atoms with Gasteiger partial charge in [0.2, 0.25) is 5.91 Å². The first-order valence-corrected chi connectivity index (χ1v) is 5.71. The third kappa shape index (κ3) is 7.33. The van der Waals surface area contributed by atoms with Gasteiger partial charge < -0.3 is 10.1 Å². The van der Waals surface area contributed by atoms with E-state index >= 15 is 0 Å². The second-order valence-electron chi connectivity index (χ2n) is 3.92. The van der Waals surface area contributed by atoms with Crippen molar-refractivity contribution in [3.63, 3.8) is 0 Å². The van der Waals surface area contributed by atoms with Gasteiger partial charge in [-0.05, 0) is 26.8 Å². The van der Waals surface area contributed by atoms with E-state index in [-0.39, 0.29) is 17.8 Å². The predicted octanol–water partition coefficient (Wildman–Crippen LogP) is 1.82. The number of hydrogen-bond donors (Lipinski definition) is 1. The van der Waals surface area contributed by atoms with Gasteiger partial charge in [-0.2, -0.15) is 0 Å². The molecule has 0 rings (SSSR count). The van der Waals surface area contributed by atoms with Gasteiger partial charge in [-0.3, -0.25) is 4.79 Å². The fraction of sp³-hybridized carbons (Fsp3) is 0.538. The lowest BCUT2D eigenvalue weighted by Gasteiger charge is -2.12. The number of hydrogen-bond acceptors (Lipinski definition) is 3. The van der Waals surface area contributed by atoms with E-state index in [2.05, 4.69) is 5.32 Å². The number of carbonyl (C=O) groups is 2. The summed E-state index contributed by atoms with van der Waals surface area (Å²) in [7, 11) is 0. The Morgan fingerprint density at radius 2 is 2.00 bits per heavy atom. The highest BCUT2D eigenvalue weighted by Crippen LogP contribution is 2.00. The predicted molar refractivity (Wildman–Crippen MR) is 67.4 cm³/mol. The van der Waals surface area contributed by atoms with Crippen LogP contribution in [-0.4, -0.2) is 25.0 Å². The molecule has 0 aliphatic rings. The van der Waals surface area contributed by atoms with E-state index in [1.165, 1.54) is 6.08 Å². The van der Waals surface area contributed by atoms with Crippen molar-refractivity contribution in [2.24, 2.45) is 5.92 Å². The molecular formula is C13H21NO3. The maximum Gasteiger partial charge on any atom is 0.333 e. The Morgan fingerprint density at radius 3 is 2.53 bits per heavy atom. The Balaban J connectivity index is 3.84. The normalized spacial score (nSPS) is 13.5. The molecule has 0 saturated carbocycles. The van der Waals surface area contributed by atoms with Crippen molar-refractivity contribution in [3.8, 4) is 0 Å². The van der Waals surface area contributed by atoms with Crippen LogP contribution in [0.5, 0.6) is 0 Å². The molecule has 0 saturated heterocycles. The van der Waals surface area contributed by atoms with Crippen molar-refractivity contribution in [2.75, 3.05) is 13.2 Å². The topological polar surface area (TPSA) is 55.4 Å². The summed E-state index contributed by atoms with van der Waals surface area (Å²) < 4.78 is 5.07. The number of ether oxygens (including phenoxy) is 1. The summed E-state index contributed by atoms with van der Waals surface area (Å²) in [6, 6.07) is 0. The van der Waals surface area contributed by atoms with Gasteiger partial charge in [-0.15, -0.1) is 0 Å². The average Bonchev–Trinajstić information content (AvgIpc) is 2.32. The highest BCUT2D eigenvalue weighted by molar-refractivity contribution is 5.88. The molecule has 0 spiro atoms. The Kier molecular flexibility index (Phi) is 7.76. The van der Waals surface area contributed by atoms with E-state index in [4.69, 9.17) is 4.74 Å². The van der Waals surface area contributed by atoms with Crippen LogP contribution in [0.1, 0.15) is 27.7 Å². The van der Waals surface area contributed by atoms with Gasteiger partial charge in [-0.1, -0.05) is 19.1 Å². The Bertz CT molecular complexity index is 319. The van der Waals surface area contributed by atoms with Crippen LogP contribution in [0.15, 0.2) is 23.8 Å². The smallest absolute Gasteiger partial charge is 0.333 e. The number of amides is 1. The average molecular weight is 239 g/mol. The first kappa shape index (κ1) is 15.4. The molecule has 1 N–H and O–H groups in total. The van der Waals surface area contributed by atoms with Crippen molar-refractivity contribution >= 4 is 11.9 Å². The van der Waals surface area contributed by atoms with Gasteiger partial charge in [0.05, 0.1) is 6.61 Å². The highest BCUT2D eigenvalue weighted by Gasteiger charge is 2.09. The van der Waals surface area contributed by atoms with Gasteiger partial charge in [0.15, 0.2) is 0 Å². The Labute approximate surface area is 103 Å². The number of nitrogens with one attached hydrogen (secondary N) is 1. The molecule has 96 valence electrons.